The summed E-state index contributed by atoms with van der Waals surface area (Å²) in [5, 5.41) is 11.9. The quantitative estimate of drug-likeness (QED) is 0.713. The van der Waals surface area contributed by atoms with Crippen LogP contribution in [0.1, 0.15) is 41.9 Å². The third-order valence-electron chi connectivity index (χ3n) is 4.70. The van der Waals surface area contributed by atoms with Crippen molar-refractivity contribution in [1.29, 1.82) is 0 Å². The Labute approximate surface area is 163 Å². The number of halogens is 1. The molecule has 27 heavy (non-hydrogen) atoms. The zero-order valence-corrected chi connectivity index (χ0v) is 16.0. The van der Waals surface area contributed by atoms with Crippen LogP contribution in [0.25, 0.3) is 0 Å². The van der Waals surface area contributed by atoms with Crippen molar-refractivity contribution in [3.8, 4) is 0 Å². The summed E-state index contributed by atoms with van der Waals surface area (Å²) in [7, 11) is 0. The number of aryl methyl sites for hydroxylation is 1. The van der Waals surface area contributed by atoms with Crippen LogP contribution in [0.15, 0.2) is 39.6 Å². The molecule has 1 aromatic carbocycles. The smallest absolute Gasteiger partial charge is 0.340 e. The minimum Gasteiger partial charge on any atom is -0.340 e. The highest BCUT2D eigenvalue weighted by Crippen LogP contribution is 2.23. The maximum atomic E-state index is 13.0. The first-order chi connectivity index (χ1) is 12.7. The highest BCUT2D eigenvalue weighted by molar-refractivity contribution is 5.85. The number of hydrogen-bond donors (Lipinski definition) is 1. The average molecular weight is 391 g/mol. The summed E-state index contributed by atoms with van der Waals surface area (Å²) < 4.78 is 8.25. The number of nitrogens with zero attached hydrogens (tertiary/aromatic N) is 5. The standard InChI is InChI=1S/C18H22N6O2.ClH/c1-13-20-16(22-26-13)12-24-18(25)23(11-14-5-3-2-4-6-14)17(21-24)15-7-9-19-10-8-15;/h2-6,15,19H,7-12H2,1H3;1H. The number of aromatic nitrogens is 5. The third-order valence-corrected chi connectivity index (χ3v) is 4.70. The van der Waals surface area contributed by atoms with E-state index in [0.717, 1.165) is 37.3 Å². The molecule has 0 spiro atoms. The van der Waals surface area contributed by atoms with Crippen LogP contribution >= 0.6 is 12.4 Å². The van der Waals surface area contributed by atoms with Gasteiger partial charge in [-0.05, 0) is 31.5 Å². The van der Waals surface area contributed by atoms with Gasteiger partial charge < -0.3 is 9.84 Å². The lowest BCUT2D eigenvalue weighted by atomic mass is 9.97. The molecule has 144 valence electrons. The van der Waals surface area contributed by atoms with Crippen molar-refractivity contribution in [2.45, 2.75) is 38.8 Å². The van der Waals surface area contributed by atoms with E-state index >= 15 is 0 Å². The Morgan fingerprint density at radius 1 is 1.19 bits per heavy atom. The summed E-state index contributed by atoms with van der Waals surface area (Å²) in [4.78, 5) is 17.2. The van der Waals surface area contributed by atoms with E-state index in [-0.39, 0.29) is 30.6 Å². The first kappa shape index (κ1) is 19.3. The van der Waals surface area contributed by atoms with Gasteiger partial charge in [0.2, 0.25) is 5.89 Å². The maximum Gasteiger partial charge on any atom is 0.346 e. The Kier molecular flexibility index (Phi) is 6.08. The van der Waals surface area contributed by atoms with Crippen LogP contribution in [0.4, 0.5) is 0 Å². The monoisotopic (exact) mass is 390 g/mol. The van der Waals surface area contributed by atoms with E-state index in [9.17, 15) is 4.79 Å². The molecule has 0 aliphatic carbocycles. The van der Waals surface area contributed by atoms with E-state index in [1.165, 1.54) is 4.68 Å². The molecule has 8 nitrogen and oxygen atoms in total. The molecule has 4 rings (SSSR count). The fourth-order valence-corrected chi connectivity index (χ4v) is 3.40. The van der Waals surface area contributed by atoms with Gasteiger partial charge in [-0.3, -0.25) is 4.57 Å². The molecule has 0 radical (unpaired) electrons. The largest absolute Gasteiger partial charge is 0.346 e. The van der Waals surface area contributed by atoms with Crippen molar-refractivity contribution < 1.29 is 4.52 Å². The number of hydrogen-bond acceptors (Lipinski definition) is 6. The van der Waals surface area contributed by atoms with Gasteiger partial charge in [-0.1, -0.05) is 35.5 Å². The Hall–Kier alpha value is -2.45. The summed E-state index contributed by atoms with van der Waals surface area (Å²) in [5.74, 6) is 2.07. The van der Waals surface area contributed by atoms with E-state index in [0.29, 0.717) is 18.3 Å². The molecule has 3 aromatic rings. The van der Waals surface area contributed by atoms with Crippen LogP contribution < -0.4 is 11.0 Å². The van der Waals surface area contributed by atoms with Crippen molar-refractivity contribution in [2.24, 2.45) is 0 Å². The van der Waals surface area contributed by atoms with E-state index in [4.69, 9.17) is 4.52 Å². The Morgan fingerprint density at radius 3 is 2.59 bits per heavy atom. The summed E-state index contributed by atoms with van der Waals surface area (Å²) in [5.41, 5.74) is 0.949. The van der Waals surface area contributed by atoms with Gasteiger partial charge in [0, 0.05) is 12.8 Å². The number of rotatable bonds is 5. The molecule has 1 aliphatic rings. The molecule has 1 fully saturated rings. The molecule has 0 bridgehead atoms. The molecule has 2 aromatic heterocycles. The molecular weight excluding hydrogens is 368 g/mol. The second kappa shape index (κ2) is 8.49. The van der Waals surface area contributed by atoms with Crippen LogP contribution in [0.3, 0.4) is 0 Å². The van der Waals surface area contributed by atoms with Gasteiger partial charge >= 0.3 is 5.69 Å². The minimum atomic E-state index is -0.134. The van der Waals surface area contributed by atoms with E-state index < -0.39 is 0 Å². The molecular formula is C18H23ClN6O2. The van der Waals surface area contributed by atoms with Gasteiger partial charge in [0.15, 0.2) is 5.82 Å². The first-order valence-corrected chi connectivity index (χ1v) is 8.92. The molecule has 3 heterocycles. The molecule has 9 heteroatoms. The van der Waals surface area contributed by atoms with Crippen molar-refractivity contribution >= 4 is 12.4 Å². The van der Waals surface area contributed by atoms with Crippen LogP contribution in [-0.2, 0) is 13.1 Å². The van der Waals surface area contributed by atoms with Crippen molar-refractivity contribution in [3.05, 3.63) is 63.9 Å². The number of benzene rings is 1. The summed E-state index contributed by atoms with van der Waals surface area (Å²) >= 11 is 0. The van der Waals surface area contributed by atoms with Crippen molar-refractivity contribution in [3.63, 3.8) is 0 Å². The van der Waals surface area contributed by atoms with Gasteiger partial charge in [0.1, 0.15) is 12.4 Å². The SMILES string of the molecule is Cc1nc(Cn2nc(C3CCNCC3)n(Cc3ccccc3)c2=O)no1.Cl. The zero-order chi connectivity index (χ0) is 17.9. The minimum absolute atomic E-state index is 0. The van der Waals surface area contributed by atoms with Crippen LogP contribution in [-0.4, -0.2) is 37.6 Å². The molecule has 0 amide bonds. The van der Waals surface area contributed by atoms with E-state index in [2.05, 4.69) is 20.6 Å². The van der Waals surface area contributed by atoms with Gasteiger partial charge in [-0.15, -0.1) is 12.4 Å². The van der Waals surface area contributed by atoms with Crippen LogP contribution in [0.5, 0.6) is 0 Å². The lowest BCUT2D eigenvalue weighted by molar-refractivity contribution is 0.384. The number of piperidine rings is 1. The topological polar surface area (TPSA) is 90.8 Å². The molecule has 0 unspecified atom stereocenters. The third kappa shape index (κ3) is 4.28. The van der Waals surface area contributed by atoms with Crippen molar-refractivity contribution in [2.75, 3.05) is 13.1 Å². The van der Waals surface area contributed by atoms with E-state index in [1.54, 1.807) is 11.5 Å². The average Bonchev–Trinajstić information content (AvgIpc) is 3.21. The molecule has 0 saturated carbocycles. The summed E-state index contributed by atoms with van der Waals surface area (Å²) in [6.07, 6.45) is 1.96. The highest BCUT2D eigenvalue weighted by atomic mass is 35.5. The lowest BCUT2D eigenvalue weighted by Crippen LogP contribution is -2.30. The number of nitrogens with one attached hydrogen (secondary N) is 1. The molecule has 1 N–H and O–H groups in total. The van der Waals surface area contributed by atoms with Gasteiger partial charge in [0.25, 0.3) is 0 Å². The van der Waals surface area contributed by atoms with Crippen LogP contribution in [0, 0.1) is 6.92 Å². The van der Waals surface area contributed by atoms with Gasteiger partial charge in [-0.25, -0.2) is 9.48 Å². The van der Waals surface area contributed by atoms with Gasteiger partial charge in [0.05, 0.1) is 6.54 Å². The van der Waals surface area contributed by atoms with Gasteiger partial charge in [-0.2, -0.15) is 10.1 Å². The molecule has 1 aliphatic heterocycles. The fraction of sp³-hybridized carbons (Fsp3) is 0.444. The Bertz CT molecular complexity index is 927. The second-order valence-electron chi connectivity index (χ2n) is 6.62. The Balaban J connectivity index is 0.00000210. The predicted molar refractivity (Wildman–Crippen MR) is 102 cm³/mol. The van der Waals surface area contributed by atoms with E-state index in [1.807, 2.05) is 30.3 Å². The summed E-state index contributed by atoms with van der Waals surface area (Å²) in [6.45, 7) is 4.36. The normalized spacial score (nSPS) is 14.9. The first-order valence-electron chi connectivity index (χ1n) is 8.92. The van der Waals surface area contributed by atoms with Crippen LogP contribution in [0.2, 0.25) is 0 Å². The lowest BCUT2D eigenvalue weighted by Gasteiger charge is -2.22. The highest BCUT2D eigenvalue weighted by Gasteiger charge is 2.24. The Morgan fingerprint density at radius 2 is 1.93 bits per heavy atom. The summed E-state index contributed by atoms with van der Waals surface area (Å²) in [6, 6.07) is 9.99. The van der Waals surface area contributed by atoms with Crippen molar-refractivity contribution in [1.82, 2.24) is 29.8 Å². The second-order valence-corrected chi connectivity index (χ2v) is 6.62. The zero-order valence-electron chi connectivity index (χ0n) is 15.2. The molecule has 1 saturated heterocycles. The fourth-order valence-electron chi connectivity index (χ4n) is 3.40. The predicted octanol–water partition coefficient (Wildman–Crippen LogP) is 1.72. The maximum absolute atomic E-state index is 13.0. The molecule has 0 atom stereocenters.